The van der Waals surface area contributed by atoms with Gasteiger partial charge >= 0.3 is 6.18 Å². The van der Waals surface area contributed by atoms with E-state index in [0.29, 0.717) is 5.69 Å². The maximum atomic E-state index is 12.9. The summed E-state index contributed by atoms with van der Waals surface area (Å²) in [6.07, 6.45) is -2.00. The summed E-state index contributed by atoms with van der Waals surface area (Å²) in [7, 11) is -3.74. The Morgan fingerprint density at radius 3 is 2.63 bits per heavy atom. The molecule has 0 radical (unpaired) electrons. The predicted molar refractivity (Wildman–Crippen MR) is 103 cm³/mol. The molecule has 2 aromatic heterocycles. The molecule has 2 heterocycles. The predicted octanol–water partition coefficient (Wildman–Crippen LogP) is 2.60. The number of anilines is 1. The van der Waals surface area contributed by atoms with Crippen LogP contribution in [0.5, 0.6) is 0 Å². The maximum absolute atomic E-state index is 12.9. The average molecular weight is 468 g/mol. The Kier molecular flexibility index (Phi) is 7.42. The zero-order valence-corrected chi connectivity index (χ0v) is 17.4. The Morgan fingerprint density at radius 1 is 1.40 bits per heavy atom. The largest absolute Gasteiger partial charge is 0.398 e. The molecule has 0 aliphatic carbocycles. The van der Waals surface area contributed by atoms with E-state index < -0.39 is 39.1 Å². The molecule has 0 saturated carbocycles. The summed E-state index contributed by atoms with van der Waals surface area (Å²) in [5.74, 6) is -2.56. The molecule has 9 nitrogen and oxygen atoms in total. The van der Waals surface area contributed by atoms with Crippen LogP contribution in [-0.4, -0.2) is 59.7 Å². The minimum atomic E-state index is -4.73. The third-order valence-corrected chi connectivity index (χ3v) is 5.57. The zero-order chi connectivity index (χ0) is 22.5. The molecule has 0 unspecified atom stereocenters. The molecule has 14 heteroatoms. The number of nitrogens with zero attached hydrogens (tertiary/aromatic N) is 5. The van der Waals surface area contributed by atoms with Crippen molar-refractivity contribution in [3.05, 3.63) is 35.9 Å². The van der Waals surface area contributed by atoms with E-state index in [0.717, 1.165) is 12.0 Å². The van der Waals surface area contributed by atoms with Crippen LogP contribution in [0.25, 0.3) is 5.69 Å². The van der Waals surface area contributed by atoms with Gasteiger partial charge in [0, 0.05) is 12.7 Å². The van der Waals surface area contributed by atoms with Crippen LogP contribution in [0.4, 0.5) is 18.9 Å². The summed E-state index contributed by atoms with van der Waals surface area (Å²) in [5.41, 5.74) is 0.542. The molecule has 0 spiro atoms. The van der Waals surface area contributed by atoms with Gasteiger partial charge in [0.25, 0.3) is 11.0 Å². The molecule has 0 bridgehead atoms. The minimum absolute atomic E-state index is 0.0304. The fraction of sp³-hybridized carbons (Fsp3) is 0.375. The standard InChI is InChI=1S/C16H17ClF3N5O4S/c1-3-24(12-10-25(22-13(12)17)11-5-4-7-21-9-11)15(26)14(23-29-2)30(27,28)8-6-16(18,19)20/h4-5,7,9-10H,3,6,8H2,1-2H3/b23-14+. The first-order valence-corrected chi connectivity index (χ1v) is 10.4. The molecule has 0 aliphatic heterocycles. The molecule has 0 atom stereocenters. The third-order valence-electron chi connectivity index (χ3n) is 3.72. The van der Waals surface area contributed by atoms with Crippen LogP contribution in [0.15, 0.2) is 35.9 Å². The molecule has 2 rings (SSSR count). The molecule has 2 aromatic rings. The van der Waals surface area contributed by atoms with Crippen molar-refractivity contribution in [3.8, 4) is 5.69 Å². The lowest BCUT2D eigenvalue weighted by atomic mass is 10.4. The first-order chi connectivity index (χ1) is 14.0. The van der Waals surface area contributed by atoms with E-state index >= 15 is 0 Å². The van der Waals surface area contributed by atoms with Crippen molar-refractivity contribution >= 4 is 38.1 Å². The van der Waals surface area contributed by atoms with Crippen LogP contribution in [0.1, 0.15) is 13.3 Å². The van der Waals surface area contributed by atoms with E-state index in [4.69, 9.17) is 11.6 Å². The maximum Gasteiger partial charge on any atom is 0.390 e. The van der Waals surface area contributed by atoms with Crippen LogP contribution in [0.3, 0.4) is 0 Å². The Balaban J connectivity index is 2.40. The Hall–Kier alpha value is -2.67. The first kappa shape index (κ1) is 23.6. The fourth-order valence-electron chi connectivity index (χ4n) is 2.34. The second-order valence-corrected chi connectivity index (χ2v) is 8.16. The van der Waals surface area contributed by atoms with Gasteiger partial charge in [0.15, 0.2) is 5.15 Å². The van der Waals surface area contributed by atoms with Gasteiger partial charge in [-0.25, -0.2) is 13.1 Å². The van der Waals surface area contributed by atoms with Crippen LogP contribution in [0, 0.1) is 0 Å². The molecule has 0 N–H and O–H groups in total. The highest BCUT2D eigenvalue weighted by molar-refractivity contribution is 8.08. The SMILES string of the molecule is CCN(C(=O)/C(=N\OC)S(=O)(=O)CCC(F)(F)F)c1cn(-c2cccnc2)nc1Cl. The van der Waals surface area contributed by atoms with Gasteiger partial charge in [-0.15, -0.1) is 0 Å². The highest BCUT2D eigenvalue weighted by Gasteiger charge is 2.37. The van der Waals surface area contributed by atoms with Crippen LogP contribution in [-0.2, 0) is 19.5 Å². The first-order valence-electron chi connectivity index (χ1n) is 8.38. The molecule has 0 fully saturated rings. The number of amides is 1. The minimum Gasteiger partial charge on any atom is -0.398 e. The number of carbonyl (C=O) groups is 1. The van der Waals surface area contributed by atoms with Gasteiger partial charge in [-0.3, -0.25) is 9.78 Å². The van der Waals surface area contributed by atoms with Crippen LogP contribution in [0.2, 0.25) is 5.15 Å². The van der Waals surface area contributed by atoms with Gasteiger partial charge in [0.2, 0.25) is 9.84 Å². The molecule has 0 saturated heterocycles. The molecule has 1 amide bonds. The number of aromatic nitrogens is 3. The van der Waals surface area contributed by atoms with E-state index in [1.54, 1.807) is 12.1 Å². The second kappa shape index (κ2) is 9.43. The van der Waals surface area contributed by atoms with Gasteiger partial charge in [-0.05, 0) is 19.1 Å². The molecule has 164 valence electrons. The summed E-state index contributed by atoms with van der Waals surface area (Å²) in [6, 6.07) is 3.31. The smallest absolute Gasteiger partial charge is 0.390 e. The normalized spacial score (nSPS) is 12.7. The molecule has 0 aliphatic rings. The van der Waals surface area contributed by atoms with E-state index in [-0.39, 0.29) is 17.4 Å². The van der Waals surface area contributed by atoms with Crippen molar-refractivity contribution in [2.45, 2.75) is 19.5 Å². The number of sulfone groups is 1. The van der Waals surface area contributed by atoms with Crippen molar-refractivity contribution in [2.24, 2.45) is 5.16 Å². The second-order valence-electron chi connectivity index (χ2n) is 5.77. The summed E-state index contributed by atoms with van der Waals surface area (Å²) in [4.78, 5) is 22.1. The van der Waals surface area contributed by atoms with Crippen LogP contribution < -0.4 is 4.90 Å². The van der Waals surface area contributed by atoms with E-state index in [2.05, 4.69) is 20.1 Å². The number of alkyl halides is 3. The van der Waals surface area contributed by atoms with Gasteiger partial charge in [0.05, 0.1) is 30.3 Å². The van der Waals surface area contributed by atoms with Gasteiger partial charge in [0.1, 0.15) is 12.8 Å². The average Bonchev–Trinajstić information content (AvgIpc) is 3.07. The number of pyridine rings is 1. The lowest BCUT2D eigenvalue weighted by Gasteiger charge is -2.20. The lowest BCUT2D eigenvalue weighted by Crippen LogP contribution is -2.41. The Labute approximate surface area is 175 Å². The number of oxime groups is 1. The van der Waals surface area contributed by atoms with E-state index in [9.17, 15) is 26.4 Å². The van der Waals surface area contributed by atoms with E-state index in [1.807, 2.05) is 0 Å². The lowest BCUT2D eigenvalue weighted by molar-refractivity contribution is -0.130. The Bertz CT molecular complexity index is 1030. The summed E-state index contributed by atoms with van der Waals surface area (Å²) in [6.45, 7) is 1.44. The highest BCUT2D eigenvalue weighted by atomic mass is 35.5. The zero-order valence-electron chi connectivity index (χ0n) is 15.8. The van der Waals surface area contributed by atoms with Crippen molar-refractivity contribution in [2.75, 3.05) is 24.3 Å². The fourth-order valence-corrected chi connectivity index (χ4v) is 3.83. The van der Waals surface area contributed by atoms with E-state index in [1.165, 1.54) is 30.2 Å². The van der Waals surface area contributed by atoms with Crippen LogP contribution >= 0.6 is 11.6 Å². The monoisotopic (exact) mass is 467 g/mol. The van der Waals surface area contributed by atoms with Gasteiger partial charge < -0.3 is 9.74 Å². The van der Waals surface area contributed by atoms with Gasteiger partial charge in [-0.1, -0.05) is 16.8 Å². The molecular formula is C16H17ClF3N5O4S. The summed E-state index contributed by atoms with van der Waals surface area (Å²) in [5, 5.41) is 5.92. The number of rotatable bonds is 6. The third kappa shape index (κ3) is 5.69. The quantitative estimate of drug-likeness (QED) is 0.367. The molecule has 0 aromatic carbocycles. The van der Waals surface area contributed by atoms with Crippen molar-refractivity contribution in [1.29, 1.82) is 0 Å². The summed E-state index contributed by atoms with van der Waals surface area (Å²) >= 11 is 6.11. The number of hydrogen-bond donors (Lipinski definition) is 0. The number of carbonyl (C=O) groups excluding carboxylic acids is 1. The van der Waals surface area contributed by atoms with Gasteiger partial charge in [-0.2, -0.15) is 18.3 Å². The number of halogens is 4. The number of hydrogen-bond acceptors (Lipinski definition) is 7. The highest BCUT2D eigenvalue weighted by Crippen LogP contribution is 2.27. The Morgan fingerprint density at radius 2 is 2.10 bits per heavy atom. The van der Waals surface area contributed by atoms with Crippen molar-refractivity contribution in [1.82, 2.24) is 14.8 Å². The molecular weight excluding hydrogens is 451 g/mol. The van der Waals surface area contributed by atoms with Crippen molar-refractivity contribution < 1.29 is 31.2 Å². The van der Waals surface area contributed by atoms with Crippen molar-refractivity contribution in [3.63, 3.8) is 0 Å². The summed E-state index contributed by atoms with van der Waals surface area (Å²) < 4.78 is 63.5. The topological polar surface area (TPSA) is 107 Å². The molecule has 30 heavy (non-hydrogen) atoms.